The Morgan fingerprint density at radius 1 is 1.22 bits per heavy atom. The summed E-state index contributed by atoms with van der Waals surface area (Å²) in [6, 6.07) is 8.48. The van der Waals surface area contributed by atoms with Gasteiger partial charge in [-0.3, -0.25) is 9.59 Å². The highest BCUT2D eigenvalue weighted by molar-refractivity contribution is 6.12. The Balaban J connectivity index is 1.85. The fourth-order valence-corrected chi connectivity index (χ4v) is 3.00. The van der Waals surface area contributed by atoms with Crippen LogP contribution in [0.3, 0.4) is 0 Å². The van der Waals surface area contributed by atoms with Gasteiger partial charge in [-0.15, -0.1) is 0 Å². The van der Waals surface area contributed by atoms with Crippen molar-refractivity contribution in [1.82, 2.24) is 5.32 Å². The van der Waals surface area contributed by atoms with Gasteiger partial charge in [-0.2, -0.15) is 5.26 Å². The predicted octanol–water partition coefficient (Wildman–Crippen LogP) is 3.26. The van der Waals surface area contributed by atoms with Crippen molar-refractivity contribution >= 4 is 11.7 Å². The standard InChI is InChI=1S/C21H28N2O4/c1-15(2)26-13-5-12-23-21(25)19(14-22)20(24)16-8-10-18(11-9-16)27-17-6-3-4-7-17/h8-11,15,17,19H,3-7,12-13H2,1-2H3,(H,23,25). The van der Waals surface area contributed by atoms with E-state index in [1.165, 1.54) is 12.8 Å². The lowest BCUT2D eigenvalue weighted by atomic mass is 9.98. The Labute approximate surface area is 160 Å². The summed E-state index contributed by atoms with van der Waals surface area (Å²) in [4.78, 5) is 24.7. The Hall–Kier alpha value is -2.39. The highest BCUT2D eigenvalue weighted by Crippen LogP contribution is 2.24. The van der Waals surface area contributed by atoms with Crippen LogP contribution in [0.15, 0.2) is 24.3 Å². The number of carbonyl (C=O) groups excluding carboxylic acids is 2. The number of rotatable bonds is 10. The van der Waals surface area contributed by atoms with E-state index in [0.717, 1.165) is 12.8 Å². The van der Waals surface area contributed by atoms with E-state index in [1.807, 2.05) is 19.9 Å². The van der Waals surface area contributed by atoms with Gasteiger partial charge in [0.2, 0.25) is 5.91 Å². The molecule has 0 aromatic heterocycles. The molecule has 1 unspecified atom stereocenters. The first kappa shape index (κ1) is 20.9. The van der Waals surface area contributed by atoms with E-state index in [2.05, 4.69) is 5.32 Å². The highest BCUT2D eigenvalue weighted by atomic mass is 16.5. The van der Waals surface area contributed by atoms with Crippen molar-refractivity contribution in [2.45, 2.75) is 58.2 Å². The maximum Gasteiger partial charge on any atom is 0.245 e. The number of ketones is 1. The van der Waals surface area contributed by atoms with Gasteiger partial charge in [0.25, 0.3) is 0 Å². The molecular weight excluding hydrogens is 344 g/mol. The number of hydrogen-bond donors (Lipinski definition) is 1. The van der Waals surface area contributed by atoms with Gasteiger partial charge in [0, 0.05) is 18.7 Å². The SMILES string of the molecule is CC(C)OCCCNC(=O)C(C#N)C(=O)c1ccc(OC2CCCC2)cc1. The lowest BCUT2D eigenvalue weighted by molar-refractivity contribution is -0.122. The second kappa shape index (κ2) is 10.7. The first-order valence-corrected chi connectivity index (χ1v) is 9.61. The van der Waals surface area contributed by atoms with Crippen LogP contribution >= 0.6 is 0 Å². The number of carbonyl (C=O) groups is 2. The van der Waals surface area contributed by atoms with Crippen molar-refractivity contribution in [2.75, 3.05) is 13.2 Å². The van der Waals surface area contributed by atoms with Gasteiger partial charge >= 0.3 is 0 Å². The molecule has 1 N–H and O–H groups in total. The van der Waals surface area contributed by atoms with Crippen LogP contribution in [0.4, 0.5) is 0 Å². The van der Waals surface area contributed by atoms with Crippen LogP contribution in [0.25, 0.3) is 0 Å². The molecule has 0 aliphatic heterocycles. The summed E-state index contributed by atoms with van der Waals surface area (Å²) in [7, 11) is 0. The number of amides is 1. The van der Waals surface area contributed by atoms with Gasteiger partial charge in [-0.1, -0.05) is 0 Å². The molecule has 6 heteroatoms. The molecule has 146 valence electrons. The van der Waals surface area contributed by atoms with Crippen molar-refractivity contribution in [3.63, 3.8) is 0 Å². The number of Topliss-reactive ketones (excluding diaryl/α,β-unsaturated/α-hetero) is 1. The fraction of sp³-hybridized carbons (Fsp3) is 0.571. The van der Waals surface area contributed by atoms with Crippen LogP contribution in [-0.4, -0.2) is 37.0 Å². The Morgan fingerprint density at radius 3 is 2.48 bits per heavy atom. The van der Waals surface area contributed by atoms with Gasteiger partial charge in [0.15, 0.2) is 11.7 Å². The third-order valence-electron chi connectivity index (χ3n) is 4.47. The number of nitriles is 1. The lowest BCUT2D eigenvalue weighted by Gasteiger charge is -2.14. The highest BCUT2D eigenvalue weighted by Gasteiger charge is 2.27. The first-order valence-electron chi connectivity index (χ1n) is 9.61. The van der Waals surface area contributed by atoms with Crippen LogP contribution < -0.4 is 10.1 Å². The topological polar surface area (TPSA) is 88.4 Å². The summed E-state index contributed by atoms with van der Waals surface area (Å²) in [5.74, 6) is -1.71. The number of benzene rings is 1. The molecule has 0 bridgehead atoms. The van der Waals surface area contributed by atoms with Crippen LogP contribution in [0.2, 0.25) is 0 Å². The molecule has 6 nitrogen and oxygen atoms in total. The third kappa shape index (κ3) is 6.69. The molecule has 1 amide bonds. The molecule has 1 aromatic carbocycles. The van der Waals surface area contributed by atoms with Crippen LogP contribution in [0.1, 0.15) is 56.3 Å². The Bertz CT molecular complexity index is 658. The van der Waals surface area contributed by atoms with Gasteiger partial charge in [-0.25, -0.2) is 0 Å². The zero-order valence-corrected chi connectivity index (χ0v) is 16.1. The van der Waals surface area contributed by atoms with E-state index in [9.17, 15) is 14.9 Å². The largest absolute Gasteiger partial charge is 0.490 e. The molecule has 1 atom stereocenters. The van der Waals surface area contributed by atoms with E-state index in [-0.39, 0.29) is 12.2 Å². The van der Waals surface area contributed by atoms with Crippen LogP contribution in [0.5, 0.6) is 5.75 Å². The van der Waals surface area contributed by atoms with E-state index in [4.69, 9.17) is 9.47 Å². The van der Waals surface area contributed by atoms with E-state index in [1.54, 1.807) is 24.3 Å². The third-order valence-corrected chi connectivity index (χ3v) is 4.47. The lowest BCUT2D eigenvalue weighted by Crippen LogP contribution is -2.35. The number of ether oxygens (including phenoxy) is 2. The summed E-state index contributed by atoms with van der Waals surface area (Å²) >= 11 is 0. The molecule has 1 aromatic rings. The maximum absolute atomic E-state index is 12.5. The maximum atomic E-state index is 12.5. The van der Waals surface area contributed by atoms with E-state index in [0.29, 0.717) is 30.9 Å². The van der Waals surface area contributed by atoms with Crippen molar-refractivity contribution in [3.8, 4) is 11.8 Å². The molecule has 1 fully saturated rings. The summed E-state index contributed by atoms with van der Waals surface area (Å²) in [6.45, 7) is 4.76. The van der Waals surface area contributed by atoms with Crippen LogP contribution in [-0.2, 0) is 9.53 Å². The number of hydrogen-bond acceptors (Lipinski definition) is 5. The predicted molar refractivity (Wildman–Crippen MR) is 101 cm³/mol. The Kier molecular flexibility index (Phi) is 8.28. The summed E-state index contributed by atoms with van der Waals surface area (Å²) in [5.41, 5.74) is 0.332. The smallest absolute Gasteiger partial charge is 0.245 e. The zero-order valence-electron chi connectivity index (χ0n) is 16.1. The monoisotopic (exact) mass is 372 g/mol. The molecule has 27 heavy (non-hydrogen) atoms. The van der Waals surface area contributed by atoms with Crippen molar-refractivity contribution < 1.29 is 19.1 Å². The second-order valence-electron chi connectivity index (χ2n) is 7.04. The fourth-order valence-electron chi connectivity index (χ4n) is 3.00. The van der Waals surface area contributed by atoms with Gasteiger partial charge in [-0.05, 0) is 70.2 Å². The first-order chi connectivity index (χ1) is 13.0. The average molecular weight is 372 g/mol. The summed E-state index contributed by atoms with van der Waals surface area (Å²) in [6.07, 6.45) is 5.48. The van der Waals surface area contributed by atoms with Crippen molar-refractivity contribution in [1.29, 1.82) is 5.26 Å². The Morgan fingerprint density at radius 2 is 1.89 bits per heavy atom. The average Bonchev–Trinajstić information content (AvgIpc) is 3.15. The molecular formula is C21H28N2O4. The quantitative estimate of drug-likeness (QED) is 0.387. The summed E-state index contributed by atoms with van der Waals surface area (Å²) in [5, 5.41) is 11.9. The number of nitrogens with one attached hydrogen (secondary N) is 1. The second-order valence-corrected chi connectivity index (χ2v) is 7.04. The number of nitrogens with zero attached hydrogens (tertiary/aromatic N) is 1. The molecule has 0 radical (unpaired) electrons. The molecule has 0 saturated heterocycles. The molecule has 0 spiro atoms. The summed E-state index contributed by atoms with van der Waals surface area (Å²) < 4.78 is 11.3. The van der Waals surface area contributed by atoms with Crippen molar-refractivity contribution in [2.24, 2.45) is 5.92 Å². The van der Waals surface area contributed by atoms with Gasteiger partial charge in [0.1, 0.15) is 5.75 Å². The minimum Gasteiger partial charge on any atom is -0.490 e. The van der Waals surface area contributed by atoms with E-state index < -0.39 is 17.6 Å². The van der Waals surface area contributed by atoms with E-state index >= 15 is 0 Å². The normalized spacial score (nSPS) is 15.3. The van der Waals surface area contributed by atoms with Crippen molar-refractivity contribution in [3.05, 3.63) is 29.8 Å². The molecule has 2 rings (SSSR count). The molecule has 1 aliphatic carbocycles. The minimum absolute atomic E-state index is 0.134. The molecule has 1 saturated carbocycles. The van der Waals surface area contributed by atoms with Gasteiger partial charge < -0.3 is 14.8 Å². The van der Waals surface area contributed by atoms with Crippen LogP contribution in [0, 0.1) is 17.2 Å². The molecule has 1 aliphatic rings. The zero-order chi connectivity index (χ0) is 19.6. The minimum atomic E-state index is -1.35. The molecule has 0 heterocycles. The van der Waals surface area contributed by atoms with Gasteiger partial charge in [0.05, 0.1) is 18.3 Å².